The van der Waals surface area contributed by atoms with E-state index in [0.29, 0.717) is 6.54 Å². The second kappa shape index (κ2) is 6.45. The molecular weight excluding hydrogens is 214 g/mol. The largest absolute Gasteiger partial charge is 0.388 e. The van der Waals surface area contributed by atoms with Gasteiger partial charge in [0.25, 0.3) is 0 Å². The molecule has 0 amide bonds. The van der Waals surface area contributed by atoms with Crippen molar-refractivity contribution in [3.05, 3.63) is 18.3 Å². The summed E-state index contributed by atoms with van der Waals surface area (Å²) >= 11 is 0. The van der Waals surface area contributed by atoms with Gasteiger partial charge in [0.1, 0.15) is 5.82 Å². The molecule has 0 atom stereocenters. The summed E-state index contributed by atoms with van der Waals surface area (Å²) in [6.07, 6.45) is 3.26. The monoisotopic (exact) mass is 237 g/mol. The van der Waals surface area contributed by atoms with Crippen molar-refractivity contribution < 1.29 is 5.11 Å². The number of hydrogen-bond donors (Lipinski definition) is 3. The molecule has 0 saturated heterocycles. The summed E-state index contributed by atoms with van der Waals surface area (Å²) in [6, 6.07) is 3.86. The van der Waals surface area contributed by atoms with Crippen molar-refractivity contribution in [1.29, 1.82) is 0 Å². The quantitative estimate of drug-likeness (QED) is 0.682. The highest BCUT2D eigenvalue weighted by Gasteiger charge is 2.21. The minimum absolute atomic E-state index is 0.565. The molecule has 0 saturated carbocycles. The van der Waals surface area contributed by atoms with Crippen molar-refractivity contribution in [1.82, 2.24) is 4.98 Å². The Hall–Kier alpha value is -1.29. The van der Waals surface area contributed by atoms with Gasteiger partial charge in [-0.15, -0.1) is 0 Å². The molecule has 1 heterocycles. The van der Waals surface area contributed by atoms with E-state index in [1.54, 1.807) is 6.20 Å². The molecule has 1 aromatic heterocycles. The second-order valence-corrected chi connectivity index (χ2v) is 4.25. The maximum absolute atomic E-state index is 10.2. The van der Waals surface area contributed by atoms with Crippen LogP contribution in [0, 0.1) is 0 Å². The summed E-state index contributed by atoms with van der Waals surface area (Å²) in [5, 5.41) is 16.6. The predicted octanol–water partition coefficient (Wildman–Crippen LogP) is 2.48. The first-order chi connectivity index (χ1) is 8.13. The average Bonchev–Trinajstić information content (AvgIpc) is 2.37. The zero-order valence-electron chi connectivity index (χ0n) is 11.0. The maximum atomic E-state index is 10.2. The van der Waals surface area contributed by atoms with E-state index in [1.807, 2.05) is 32.9 Å². The smallest absolute Gasteiger partial charge is 0.127 e. The first-order valence-electron chi connectivity index (χ1n) is 6.29. The zero-order chi connectivity index (χ0) is 12.7. The van der Waals surface area contributed by atoms with Gasteiger partial charge in [0.2, 0.25) is 0 Å². The number of anilines is 2. The SMILES string of the molecule is CCNc1cc(NCC(O)(CC)CC)ccn1. The van der Waals surface area contributed by atoms with Gasteiger partial charge in [-0.2, -0.15) is 0 Å². The van der Waals surface area contributed by atoms with Crippen LogP contribution in [0.5, 0.6) is 0 Å². The molecule has 0 unspecified atom stereocenters. The van der Waals surface area contributed by atoms with E-state index in [1.165, 1.54) is 0 Å². The molecule has 0 aliphatic heterocycles. The Bertz CT molecular complexity index is 337. The molecule has 1 aromatic rings. The molecule has 4 heteroatoms. The number of rotatable bonds is 7. The topological polar surface area (TPSA) is 57.2 Å². The molecule has 1 rings (SSSR count). The fourth-order valence-corrected chi connectivity index (χ4v) is 1.58. The summed E-state index contributed by atoms with van der Waals surface area (Å²) in [5.74, 6) is 0.856. The van der Waals surface area contributed by atoms with Crippen LogP contribution in [0.2, 0.25) is 0 Å². The highest BCUT2D eigenvalue weighted by molar-refractivity contribution is 5.51. The maximum Gasteiger partial charge on any atom is 0.127 e. The Labute approximate surface area is 103 Å². The van der Waals surface area contributed by atoms with Crippen molar-refractivity contribution in [2.45, 2.75) is 39.2 Å². The van der Waals surface area contributed by atoms with Gasteiger partial charge < -0.3 is 15.7 Å². The van der Waals surface area contributed by atoms with E-state index in [-0.39, 0.29) is 0 Å². The minimum Gasteiger partial charge on any atom is -0.388 e. The van der Waals surface area contributed by atoms with E-state index < -0.39 is 5.60 Å². The van der Waals surface area contributed by atoms with Gasteiger partial charge in [0.05, 0.1) is 5.60 Å². The van der Waals surface area contributed by atoms with Crippen LogP contribution in [0.25, 0.3) is 0 Å². The summed E-state index contributed by atoms with van der Waals surface area (Å²) < 4.78 is 0. The van der Waals surface area contributed by atoms with Gasteiger partial charge >= 0.3 is 0 Å². The first kappa shape index (κ1) is 13.8. The van der Waals surface area contributed by atoms with E-state index in [9.17, 15) is 5.11 Å². The second-order valence-electron chi connectivity index (χ2n) is 4.25. The standard InChI is InChI=1S/C13H23N3O/c1-4-13(17,5-2)10-16-11-7-8-15-12(9-11)14-6-3/h7-9,17H,4-6,10H2,1-3H3,(H2,14,15,16). The number of pyridine rings is 1. The van der Waals surface area contributed by atoms with Gasteiger partial charge in [0.15, 0.2) is 0 Å². The van der Waals surface area contributed by atoms with Crippen molar-refractivity contribution >= 4 is 11.5 Å². The average molecular weight is 237 g/mol. The van der Waals surface area contributed by atoms with Gasteiger partial charge in [0, 0.05) is 31.0 Å². The van der Waals surface area contributed by atoms with Crippen LogP contribution in [0.15, 0.2) is 18.3 Å². The molecule has 0 spiro atoms. The first-order valence-corrected chi connectivity index (χ1v) is 6.29. The molecule has 17 heavy (non-hydrogen) atoms. The molecule has 0 aliphatic carbocycles. The van der Waals surface area contributed by atoms with Gasteiger partial charge in [-0.1, -0.05) is 13.8 Å². The van der Waals surface area contributed by atoms with Gasteiger partial charge in [-0.3, -0.25) is 0 Å². The number of nitrogens with zero attached hydrogens (tertiary/aromatic N) is 1. The van der Waals surface area contributed by atoms with Crippen molar-refractivity contribution in [3.63, 3.8) is 0 Å². The van der Waals surface area contributed by atoms with Crippen LogP contribution < -0.4 is 10.6 Å². The molecule has 0 aromatic carbocycles. The fraction of sp³-hybridized carbons (Fsp3) is 0.615. The Morgan fingerprint density at radius 3 is 2.53 bits per heavy atom. The van der Waals surface area contributed by atoms with E-state index in [2.05, 4.69) is 15.6 Å². The van der Waals surface area contributed by atoms with Gasteiger partial charge in [-0.05, 0) is 25.8 Å². The molecule has 0 bridgehead atoms. The lowest BCUT2D eigenvalue weighted by molar-refractivity contribution is 0.0457. The highest BCUT2D eigenvalue weighted by atomic mass is 16.3. The van der Waals surface area contributed by atoms with Crippen molar-refractivity contribution in [3.8, 4) is 0 Å². The Kier molecular flexibility index (Phi) is 5.22. The number of aromatic nitrogens is 1. The Morgan fingerprint density at radius 1 is 1.24 bits per heavy atom. The highest BCUT2D eigenvalue weighted by Crippen LogP contribution is 2.17. The number of nitrogens with one attached hydrogen (secondary N) is 2. The van der Waals surface area contributed by atoms with Crippen LogP contribution in [-0.2, 0) is 0 Å². The van der Waals surface area contributed by atoms with Crippen LogP contribution in [0.1, 0.15) is 33.6 Å². The van der Waals surface area contributed by atoms with Crippen LogP contribution in [-0.4, -0.2) is 28.8 Å². The van der Waals surface area contributed by atoms with Crippen LogP contribution >= 0.6 is 0 Å². The zero-order valence-corrected chi connectivity index (χ0v) is 11.0. The van der Waals surface area contributed by atoms with Crippen LogP contribution in [0.3, 0.4) is 0 Å². The summed E-state index contributed by atoms with van der Waals surface area (Å²) in [5.41, 5.74) is 0.359. The molecule has 96 valence electrons. The number of hydrogen-bond acceptors (Lipinski definition) is 4. The van der Waals surface area contributed by atoms with E-state index in [4.69, 9.17) is 0 Å². The molecule has 0 fully saturated rings. The summed E-state index contributed by atoms with van der Waals surface area (Å²) in [7, 11) is 0. The molecule has 0 radical (unpaired) electrons. The Balaban J connectivity index is 2.59. The van der Waals surface area contributed by atoms with Crippen LogP contribution in [0.4, 0.5) is 11.5 Å². The normalized spacial score (nSPS) is 11.3. The third kappa shape index (κ3) is 4.23. The lowest BCUT2D eigenvalue weighted by Crippen LogP contribution is -2.35. The van der Waals surface area contributed by atoms with Crippen molar-refractivity contribution in [2.75, 3.05) is 23.7 Å². The summed E-state index contributed by atoms with van der Waals surface area (Å²) in [4.78, 5) is 4.20. The number of aliphatic hydroxyl groups is 1. The van der Waals surface area contributed by atoms with E-state index in [0.717, 1.165) is 30.9 Å². The minimum atomic E-state index is -0.623. The lowest BCUT2D eigenvalue weighted by atomic mass is 9.97. The molecule has 4 nitrogen and oxygen atoms in total. The summed E-state index contributed by atoms with van der Waals surface area (Å²) in [6.45, 7) is 7.46. The Morgan fingerprint density at radius 2 is 1.94 bits per heavy atom. The van der Waals surface area contributed by atoms with E-state index >= 15 is 0 Å². The van der Waals surface area contributed by atoms with Gasteiger partial charge in [-0.25, -0.2) is 4.98 Å². The molecule has 3 N–H and O–H groups in total. The third-order valence-electron chi connectivity index (χ3n) is 3.06. The third-order valence-corrected chi connectivity index (χ3v) is 3.06. The lowest BCUT2D eigenvalue weighted by Gasteiger charge is -2.26. The predicted molar refractivity (Wildman–Crippen MR) is 72.4 cm³/mol. The fourth-order valence-electron chi connectivity index (χ4n) is 1.58. The molecular formula is C13H23N3O. The van der Waals surface area contributed by atoms with Crippen molar-refractivity contribution in [2.24, 2.45) is 0 Å². The molecule has 0 aliphatic rings.